The molecule has 14 heavy (non-hydrogen) atoms. The van der Waals surface area contributed by atoms with Gasteiger partial charge in [0.25, 0.3) is 0 Å². The van der Waals surface area contributed by atoms with Crippen LogP contribution in [0.3, 0.4) is 0 Å². The van der Waals surface area contributed by atoms with Crippen molar-refractivity contribution in [3.63, 3.8) is 0 Å². The maximum absolute atomic E-state index is 10.8. The minimum absolute atomic E-state index is 0.0384. The van der Waals surface area contributed by atoms with Crippen LogP contribution in [0.2, 0.25) is 0 Å². The second kappa shape index (κ2) is 7.67. The van der Waals surface area contributed by atoms with Crippen LogP contribution in [-0.2, 0) is 9.59 Å². The van der Waals surface area contributed by atoms with Gasteiger partial charge in [0.2, 0.25) is 5.91 Å². The highest BCUT2D eigenvalue weighted by Crippen LogP contribution is 2.15. The lowest BCUT2D eigenvalue weighted by Crippen LogP contribution is -2.17. The van der Waals surface area contributed by atoms with E-state index in [9.17, 15) is 9.59 Å². The molecule has 1 unspecified atom stereocenters. The van der Waals surface area contributed by atoms with E-state index in [1.54, 1.807) is 18.8 Å². The summed E-state index contributed by atoms with van der Waals surface area (Å²) in [5.74, 6) is 0.106. The van der Waals surface area contributed by atoms with Crippen LogP contribution in [0.5, 0.6) is 0 Å². The maximum Gasteiger partial charge on any atom is 0.304 e. The van der Waals surface area contributed by atoms with Crippen LogP contribution >= 0.6 is 11.8 Å². The molecule has 0 aliphatic heterocycles. The van der Waals surface area contributed by atoms with Gasteiger partial charge in [-0.05, 0) is 12.2 Å². The number of hydrogen-bond donors (Lipinski definition) is 2. The van der Waals surface area contributed by atoms with Gasteiger partial charge >= 0.3 is 5.97 Å². The molecule has 2 N–H and O–H groups in total. The molecule has 0 aliphatic rings. The van der Waals surface area contributed by atoms with E-state index in [1.807, 2.05) is 6.92 Å². The highest BCUT2D eigenvalue weighted by atomic mass is 32.2. The highest BCUT2D eigenvalue weighted by molar-refractivity contribution is 7.99. The molecule has 5 heteroatoms. The van der Waals surface area contributed by atoms with Gasteiger partial charge in [-0.1, -0.05) is 6.92 Å². The van der Waals surface area contributed by atoms with Crippen LogP contribution in [0.4, 0.5) is 0 Å². The van der Waals surface area contributed by atoms with E-state index < -0.39 is 5.97 Å². The molecule has 0 aromatic rings. The number of hydrogen-bond acceptors (Lipinski definition) is 3. The molecular weight excluding hydrogens is 202 g/mol. The first kappa shape index (κ1) is 13.3. The normalized spacial score (nSPS) is 12.1. The second-order valence-corrected chi connectivity index (χ2v) is 4.60. The number of amides is 1. The topological polar surface area (TPSA) is 66.4 Å². The minimum atomic E-state index is -0.767. The molecule has 0 radical (unpaired) electrons. The number of nitrogens with one attached hydrogen (secondary N) is 1. The van der Waals surface area contributed by atoms with Crippen molar-refractivity contribution in [3.8, 4) is 0 Å². The summed E-state index contributed by atoms with van der Waals surface area (Å²) >= 11 is 1.60. The fraction of sp³-hybridized carbons (Fsp3) is 0.778. The SMILES string of the molecule is CNC(=O)CCCSC(C)CC(=O)O. The predicted octanol–water partition coefficient (Wildman–Crippen LogP) is 1.11. The van der Waals surface area contributed by atoms with Gasteiger partial charge in [0.05, 0.1) is 6.42 Å². The van der Waals surface area contributed by atoms with Crippen LogP contribution in [0, 0.1) is 0 Å². The van der Waals surface area contributed by atoms with Crippen molar-refractivity contribution < 1.29 is 14.7 Å². The summed E-state index contributed by atoms with van der Waals surface area (Å²) in [5.41, 5.74) is 0. The Morgan fingerprint density at radius 3 is 2.64 bits per heavy atom. The van der Waals surface area contributed by atoms with Crippen LogP contribution in [-0.4, -0.2) is 35.0 Å². The summed E-state index contributed by atoms with van der Waals surface area (Å²) in [6, 6.07) is 0. The monoisotopic (exact) mass is 219 g/mol. The van der Waals surface area contributed by atoms with E-state index in [0.29, 0.717) is 6.42 Å². The number of carboxylic acids is 1. The summed E-state index contributed by atoms with van der Waals surface area (Å²) in [6.07, 6.45) is 1.50. The van der Waals surface area contributed by atoms with Crippen molar-refractivity contribution in [1.29, 1.82) is 0 Å². The summed E-state index contributed by atoms with van der Waals surface area (Å²) < 4.78 is 0. The lowest BCUT2D eigenvalue weighted by Gasteiger charge is -2.07. The Morgan fingerprint density at radius 1 is 1.50 bits per heavy atom. The molecule has 4 nitrogen and oxygen atoms in total. The van der Waals surface area contributed by atoms with Crippen LogP contribution in [0.25, 0.3) is 0 Å². The van der Waals surface area contributed by atoms with E-state index in [2.05, 4.69) is 5.32 Å². The molecule has 1 atom stereocenters. The summed E-state index contributed by atoms with van der Waals surface area (Å²) in [5, 5.41) is 11.2. The van der Waals surface area contributed by atoms with E-state index in [4.69, 9.17) is 5.11 Å². The van der Waals surface area contributed by atoms with Crippen molar-refractivity contribution in [1.82, 2.24) is 5.32 Å². The Balaban J connectivity index is 3.35. The molecule has 1 amide bonds. The molecule has 0 heterocycles. The van der Waals surface area contributed by atoms with Gasteiger partial charge < -0.3 is 10.4 Å². The van der Waals surface area contributed by atoms with Gasteiger partial charge in [0.15, 0.2) is 0 Å². The third-order valence-electron chi connectivity index (χ3n) is 1.69. The molecule has 0 fully saturated rings. The van der Waals surface area contributed by atoms with Gasteiger partial charge in [0, 0.05) is 18.7 Å². The fourth-order valence-corrected chi connectivity index (χ4v) is 1.92. The van der Waals surface area contributed by atoms with Crippen molar-refractivity contribution in [2.45, 2.75) is 31.4 Å². The standard InChI is InChI=1S/C9H17NO3S/c1-7(6-9(12)13)14-5-3-4-8(11)10-2/h7H,3-6H2,1-2H3,(H,10,11)(H,12,13). The summed E-state index contributed by atoms with van der Waals surface area (Å²) in [6.45, 7) is 1.89. The Hall–Kier alpha value is -0.710. The van der Waals surface area contributed by atoms with E-state index >= 15 is 0 Å². The number of carbonyl (C=O) groups is 2. The van der Waals surface area contributed by atoms with Gasteiger partial charge in [-0.25, -0.2) is 0 Å². The third kappa shape index (κ3) is 7.91. The minimum Gasteiger partial charge on any atom is -0.481 e. The molecule has 0 aromatic carbocycles. The lowest BCUT2D eigenvalue weighted by molar-refractivity contribution is -0.136. The van der Waals surface area contributed by atoms with E-state index in [1.165, 1.54) is 0 Å². The van der Waals surface area contributed by atoms with Gasteiger partial charge in [-0.15, -0.1) is 0 Å². The molecule has 0 bridgehead atoms. The molecule has 0 saturated carbocycles. The predicted molar refractivity (Wildman–Crippen MR) is 57.5 cm³/mol. The largest absolute Gasteiger partial charge is 0.481 e. The summed E-state index contributed by atoms with van der Waals surface area (Å²) in [7, 11) is 1.61. The number of aliphatic carboxylic acids is 1. The molecule has 0 aliphatic carbocycles. The molecular formula is C9H17NO3S. The van der Waals surface area contributed by atoms with E-state index in [0.717, 1.165) is 12.2 Å². The highest BCUT2D eigenvalue weighted by Gasteiger charge is 2.07. The Kier molecular flexibility index (Phi) is 7.28. The quantitative estimate of drug-likeness (QED) is 0.629. The fourth-order valence-electron chi connectivity index (χ4n) is 0.947. The van der Waals surface area contributed by atoms with E-state index in [-0.39, 0.29) is 17.6 Å². The Morgan fingerprint density at radius 2 is 2.14 bits per heavy atom. The average molecular weight is 219 g/mol. The number of carbonyl (C=O) groups excluding carboxylic acids is 1. The van der Waals surface area contributed by atoms with Gasteiger partial charge in [0.1, 0.15) is 0 Å². The average Bonchev–Trinajstić information content (AvgIpc) is 2.10. The van der Waals surface area contributed by atoms with Crippen molar-refractivity contribution in [3.05, 3.63) is 0 Å². The zero-order valence-electron chi connectivity index (χ0n) is 8.58. The van der Waals surface area contributed by atoms with Crippen molar-refractivity contribution in [2.75, 3.05) is 12.8 Å². The van der Waals surface area contributed by atoms with Crippen molar-refractivity contribution >= 4 is 23.6 Å². The first-order valence-corrected chi connectivity index (χ1v) is 5.65. The van der Waals surface area contributed by atoms with Crippen LogP contribution in [0.1, 0.15) is 26.2 Å². The van der Waals surface area contributed by atoms with Crippen LogP contribution in [0.15, 0.2) is 0 Å². The second-order valence-electron chi connectivity index (χ2n) is 3.06. The molecule has 82 valence electrons. The van der Waals surface area contributed by atoms with Crippen molar-refractivity contribution in [2.24, 2.45) is 0 Å². The lowest BCUT2D eigenvalue weighted by atomic mass is 10.3. The van der Waals surface area contributed by atoms with Gasteiger partial charge in [-0.2, -0.15) is 11.8 Å². The zero-order valence-corrected chi connectivity index (χ0v) is 9.39. The van der Waals surface area contributed by atoms with Gasteiger partial charge in [-0.3, -0.25) is 9.59 Å². The molecule has 0 aromatic heterocycles. The smallest absolute Gasteiger partial charge is 0.304 e. The van der Waals surface area contributed by atoms with Crippen LogP contribution < -0.4 is 5.32 Å². The molecule has 0 rings (SSSR count). The number of rotatable bonds is 7. The number of thioether (sulfide) groups is 1. The Labute approximate surface area is 88.4 Å². The molecule has 0 spiro atoms. The summed E-state index contributed by atoms with van der Waals surface area (Å²) in [4.78, 5) is 21.1. The zero-order chi connectivity index (χ0) is 11.0. The Bertz CT molecular complexity index is 196. The maximum atomic E-state index is 10.8. The third-order valence-corrected chi connectivity index (χ3v) is 2.95. The number of carboxylic acid groups (broad SMARTS) is 1. The molecule has 0 saturated heterocycles. The first-order chi connectivity index (χ1) is 6.56. The first-order valence-electron chi connectivity index (χ1n) is 4.60.